The van der Waals surface area contributed by atoms with Crippen molar-refractivity contribution in [3.8, 4) is 0 Å². The van der Waals surface area contributed by atoms with Gasteiger partial charge in [-0.2, -0.15) is 0 Å². The molecule has 100 valence electrons. The highest BCUT2D eigenvalue weighted by atomic mass is 15.2. The van der Waals surface area contributed by atoms with Crippen molar-refractivity contribution in [3.63, 3.8) is 0 Å². The predicted octanol–water partition coefficient (Wildman–Crippen LogP) is 3.53. The van der Waals surface area contributed by atoms with Crippen LogP contribution in [0.5, 0.6) is 0 Å². The zero-order chi connectivity index (χ0) is 12.8. The third-order valence-corrected chi connectivity index (χ3v) is 3.61. The van der Waals surface area contributed by atoms with Gasteiger partial charge in [-0.3, -0.25) is 0 Å². The van der Waals surface area contributed by atoms with Crippen LogP contribution < -0.4 is 10.2 Å². The number of nitrogens with one attached hydrogen (secondary N) is 1. The Labute approximate surface area is 111 Å². The summed E-state index contributed by atoms with van der Waals surface area (Å²) in [7, 11) is 0. The van der Waals surface area contributed by atoms with Crippen LogP contribution >= 0.6 is 0 Å². The van der Waals surface area contributed by atoms with Crippen molar-refractivity contribution in [2.75, 3.05) is 29.9 Å². The molecule has 1 aliphatic heterocycles. The van der Waals surface area contributed by atoms with Gasteiger partial charge in [0.2, 0.25) is 0 Å². The van der Waals surface area contributed by atoms with Crippen molar-refractivity contribution in [1.29, 1.82) is 0 Å². The second-order valence-electron chi connectivity index (χ2n) is 5.37. The number of anilines is 2. The summed E-state index contributed by atoms with van der Waals surface area (Å²) in [5.74, 6) is 1.85. The van der Waals surface area contributed by atoms with Gasteiger partial charge < -0.3 is 10.2 Å². The minimum atomic E-state index is 0.730. The summed E-state index contributed by atoms with van der Waals surface area (Å²) in [4.78, 5) is 6.91. The Bertz CT molecular complexity index is 341. The Morgan fingerprint density at radius 2 is 2.11 bits per heavy atom. The molecule has 0 aliphatic carbocycles. The Morgan fingerprint density at radius 3 is 2.72 bits per heavy atom. The highest BCUT2D eigenvalue weighted by Gasteiger charge is 2.12. The molecule has 1 atom stereocenters. The van der Waals surface area contributed by atoms with E-state index in [2.05, 4.69) is 41.2 Å². The minimum Gasteiger partial charge on any atom is -0.384 e. The summed E-state index contributed by atoms with van der Waals surface area (Å²) in [5, 5.41) is 3.47. The molecule has 3 heteroatoms. The molecule has 1 fully saturated rings. The lowest BCUT2D eigenvalue weighted by Gasteiger charge is -2.17. The molecule has 1 aromatic heterocycles. The van der Waals surface area contributed by atoms with Crippen LogP contribution in [0.15, 0.2) is 18.3 Å². The number of hydrogen-bond acceptors (Lipinski definition) is 3. The molecule has 18 heavy (non-hydrogen) atoms. The molecular weight excluding hydrogens is 222 g/mol. The fourth-order valence-electron chi connectivity index (χ4n) is 2.51. The van der Waals surface area contributed by atoms with Crippen molar-refractivity contribution in [2.24, 2.45) is 5.92 Å². The largest absolute Gasteiger partial charge is 0.384 e. The molecule has 0 bridgehead atoms. The summed E-state index contributed by atoms with van der Waals surface area (Å²) >= 11 is 0. The second-order valence-corrected chi connectivity index (χ2v) is 5.37. The highest BCUT2D eigenvalue weighted by Crippen LogP contribution is 2.19. The molecule has 1 aromatic rings. The van der Waals surface area contributed by atoms with Gasteiger partial charge in [-0.25, -0.2) is 4.98 Å². The molecule has 0 aromatic carbocycles. The van der Waals surface area contributed by atoms with Gasteiger partial charge in [-0.05, 0) is 37.3 Å². The van der Waals surface area contributed by atoms with E-state index in [0.717, 1.165) is 37.1 Å². The van der Waals surface area contributed by atoms with Gasteiger partial charge in [-0.15, -0.1) is 0 Å². The minimum absolute atomic E-state index is 0.730. The standard InChI is InChI=1S/C15H25N3/c1-3-6-13(2)11-16-14-7-8-15(17-12-14)18-9-4-5-10-18/h7-8,12-13,16H,3-6,9-11H2,1-2H3. The van der Waals surface area contributed by atoms with E-state index in [0.29, 0.717) is 0 Å². The van der Waals surface area contributed by atoms with E-state index >= 15 is 0 Å². The molecule has 0 radical (unpaired) electrons. The summed E-state index contributed by atoms with van der Waals surface area (Å²) in [6, 6.07) is 4.29. The van der Waals surface area contributed by atoms with Crippen LogP contribution in [-0.4, -0.2) is 24.6 Å². The van der Waals surface area contributed by atoms with E-state index < -0.39 is 0 Å². The van der Waals surface area contributed by atoms with Gasteiger partial charge in [0, 0.05) is 19.6 Å². The van der Waals surface area contributed by atoms with Gasteiger partial charge in [0.15, 0.2) is 0 Å². The summed E-state index contributed by atoms with van der Waals surface area (Å²) in [6.07, 6.45) is 7.11. The Morgan fingerprint density at radius 1 is 1.33 bits per heavy atom. The van der Waals surface area contributed by atoms with Crippen molar-refractivity contribution in [3.05, 3.63) is 18.3 Å². The smallest absolute Gasteiger partial charge is 0.128 e. The molecule has 2 heterocycles. The Hall–Kier alpha value is -1.25. The Kier molecular flexibility index (Phi) is 4.85. The predicted molar refractivity (Wildman–Crippen MR) is 78.2 cm³/mol. The number of aromatic nitrogens is 1. The molecule has 0 saturated carbocycles. The van der Waals surface area contributed by atoms with Crippen molar-refractivity contribution < 1.29 is 0 Å². The summed E-state index contributed by atoms with van der Waals surface area (Å²) < 4.78 is 0. The lowest BCUT2D eigenvalue weighted by molar-refractivity contribution is 0.550. The first kappa shape index (κ1) is 13.2. The van der Waals surface area contributed by atoms with E-state index in [4.69, 9.17) is 0 Å². The third-order valence-electron chi connectivity index (χ3n) is 3.61. The van der Waals surface area contributed by atoms with Crippen molar-refractivity contribution in [2.45, 2.75) is 39.5 Å². The molecule has 1 N–H and O–H groups in total. The molecular formula is C15H25N3. The maximum absolute atomic E-state index is 4.55. The van der Waals surface area contributed by atoms with Crippen LogP contribution in [0, 0.1) is 5.92 Å². The SMILES string of the molecule is CCCC(C)CNc1ccc(N2CCCC2)nc1. The van der Waals surface area contributed by atoms with Crippen molar-refractivity contribution in [1.82, 2.24) is 4.98 Å². The monoisotopic (exact) mass is 247 g/mol. The third kappa shape index (κ3) is 3.62. The van der Waals surface area contributed by atoms with Gasteiger partial charge in [0.25, 0.3) is 0 Å². The van der Waals surface area contributed by atoms with Crippen LogP contribution in [0.1, 0.15) is 39.5 Å². The summed E-state index contributed by atoms with van der Waals surface area (Å²) in [5.41, 5.74) is 1.14. The lowest BCUT2D eigenvalue weighted by atomic mass is 10.1. The average molecular weight is 247 g/mol. The maximum Gasteiger partial charge on any atom is 0.128 e. The number of nitrogens with zero attached hydrogens (tertiary/aromatic N) is 2. The van der Waals surface area contributed by atoms with Gasteiger partial charge >= 0.3 is 0 Å². The Balaban J connectivity index is 1.83. The first-order valence-corrected chi connectivity index (χ1v) is 7.24. The summed E-state index contributed by atoms with van der Waals surface area (Å²) in [6.45, 7) is 7.89. The van der Waals surface area contributed by atoms with Crippen LogP contribution in [0.25, 0.3) is 0 Å². The molecule has 1 saturated heterocycles. The second kappa shape index (κ2) is 6.62. The fourth-order valence-corrected chi connectivity index (χ4v) is 2.51. The van der Waals surface area contributed by atoms with Crippen LogP contribution in [-0.2, 0) is 0 Å². The normalized spacial score (nSPS) is 16.9. The molecule has 0 spiro atoms. The first-order chi connectivity index (χ1) is 8.79. The topological polar surface area (TPSA) is 28.2 Å². The number of hydrogen-bond donors (Lipinski definition) is 1. The molecule has 3 nitrogen and oxygen atoms in total. The van der Waals surface area contributed by atoms with Gasteiger partial charge in [0.1, 0.15) is 5.82 Å². The molecule has 1 aliphatic rings. The molecule has 2 rings (SSSR count). The van der Waals surface area contributed by atoms with E-state index in [1.807, 2.05) is 6.20 Å². The maximum atomic E-state index is 4.55. The number of pyridine rings is 1. The highest BCUT2D eigenvalue weighted by molar-refractivity contribution is 5.48. The average Bonchev–Trinajstić information content (AvgIpc) is 2.91. The number of rotatable bonds is 6. The van der Waals surface area contributed by atoms with Crippen molar-refractivity contribution >= 4 is 11.5 Å². The van der Waals surface area contributed by atoms with Crippen LogP contribution in [0.4, 0.5) is 11.5 Å². The van der Waals surface area contributed by atoms with Gasteiger partial charge in [-0.1, -0.05) is 20.3 Å². The molecule has 0 amide bonds. The van der Waals surface area contributed by atoms with E-state index in [9.17, 15) is 0 Å². The van der Waals surface area contributed by atoms with E-state index in [1.54, 1.807) is 0 Å². The van der Waals surface area contributed by atoms with Crippen LogP contribution in [0.3, 0.4) is 0 Å². The zero-order valence-electron chi connectivity index (χ0n) is 11.7. The van der Waals surface area contributed by atoms with Crippen LogP contribution in [0.2, 0.25) is 0 Å². The lowest BCUT2D eigenvalue weighted by Crippen LogP contribution is -2.19. The van der Waals surface area contributed by atoms with E-state index in [-0.39, 0.29) is 0 Å². The van der Waals surface area contributed by atoms with Gasteiger partial charge in [0.05, 0.1) is 11.9 Å². The quantitative estimate of drug-likeness (QED) is 0.833. The van der Waals surface area contributed by atoms with E-state index in [1.165, 1.54) is 25.7 Å². The molecule has 1 unspecified atom stereocenters. The zero-order valence-corrected chi connectivity index (χ0v) is 11.7. The fraction of sp³-hybridized carbons (Fsp3) is 0.667. The first-order valence-electron chi connectivity index (χ1n) is 7.24.